The summed E-state index contributed by atoms with van der Waals surface area (Å²) in [6, 6.07) is 7.90. The number of ketones is 1. The molecule has 0 radical (unpaired) electrons. The van der Waals surface area contributed by atoms with E-state index in [-0.39, 0.29) is 17.1 Å². The fourth-order valence-electron chi connectivity index (χ4n) is 3.50. The van der Waals surface area contributed by atoms with E-state index in [1.165, 1.54) is 18.2 Å². The number of hydrogen-bond acceptors (Lipinski definition) is 6. The van der Waals surface area contributed by atoms with Gasteiger partial charge in [0.15, 0.2) is 11.9 Å². The van der Waals surface area contributed by atoms with Crippen LogP contribution in [0.2, 0.25) is 0 Å². The molecule has 4 N–H and O–H groups in total. The number of aliphatic hydroxyl groups excluding tert-OH is 1. The van der Waals surface area contributed by atoms with E-state index < -0.39 is 23.6 Å². The lowest BCUT2D eigenvalue weighted by Crippen LogP contribution is -2.41. The van der Waals surface area contributed by atoms with Gasteiger partial charge in [0.2, 0.25) is 0 Å². The first-order valence-corrected chi connectivity index (χ1v) is 10.1. The lowest BCUT2D eigenvalue weighted by molar-refractivity contribution is -0.0762. The normalized spacial score (nSPS) is 18.0. The summed E-state index contributed by atoms with van der Waals surface area (Å²) in [7, 11) is 0. The Morgan fingerprint density at radius 1 is 1.16 bits per heavy atom. The molecule has 0 saturated carbocycles. The van der Waals surface area contributed by atoms with E-state index in [0.29, 0.717) is 28.9 Å². The van der Waals surface area contributed by atoms with Gasteiger partial charge in [0, 0.05) is 11.1 Å². The highest BCUT2D eigenvalue weighted by atomic mass is 16.5. The summed E-state index contributed by atoms with van der Waals surface area (Å²) in [5.41, 5.74) is 1.41. The second-order valence-corrected chi connectivity index (χ2v) is 8.58. The second-order valence-electron chi connectivity index (χ2n) is 8.58. The van der Waals surface area contributed by atoms with Gasteiger partial charge in [-0.25, -0.2) is 0 Å². The van der Waals surface area contributed by atoms with Crippen LogP contribution in [0.5, 0.6) is 17.2 Å². The second kappa shape index (κ2) is 8.57. The highest BCUT2D eigenvalue weighted by Crippen LogP contribution is 2.41. The van der Waals surface area contributed by atoms with Crippen LogP contribution in [0.3, 0.4) is 0 Å². The number of carbonyl (C=O) groups excluding carboxylic acids is 1. The van der Waals surface area contributed by atoms with E-state index in [1.807, 2.05) is 19.9 Å². The minimum absolute atomic E-state index is 0.0653. The van der Waals surface area contributed by atoms with Crippen LogP contribution in [-0.2, 0) is 6.42 Å². The largest absolute Gasteiger partial charge is 0.508 e. The Labute approximate surface area is 181 Å². The van der Waals surface area contributed by atoms with Crippen molar-refractivity contribution in [2.75, 3.05) is 0 Å². The zero-order chi connectivity index (χ0) is 22.9. The predicted molar refractivity (Wildman–Crippen MR) is 118 cm³/mol. The number of carbonyl (C=O) groups is 1. The molecule has 0 spiro atoms. The zero-order valence-electron chi connectivity index (χ0n) is 18.1. The molecule has 0 aromatic heterocycles. The molecule has 6 heteroatoms. The lowest BCUT2D eigenvalue weighted by Gasteiger charge is -2.27. The van der Waals surface area contributed by atoms with Gasteiger partial charge >= 0.3 is 0 Å². The van der Waals surface area contributed by atoms with Crippen LogP contribution in [-0.4, -0.2) is 37.9 Å². The molecular formula is C25H28O6. The molecule has 1 aliphatic rings. The maximum Gasteiger partial charge on any atom is 0.189 e. The van der Waals surface area contributed by atoms with E-state index >= 15 is 0 Å². The van der Waals surface area contributed by atoms with Crippen molar-refractivity contribution in [3.63, 3.8) is 0 Å². The summed E-state index contributed by atoms with van der Waals surface area (Å²) < 4.78 is 5.66. The Morgan fingerprint density at radius 3 is 2.52 bits per heavy atom. The molecule has 0 amide bonds. The molecule has 31 heavy (non-hydrogen) atoms. The Hall–Kier alpha value is -3.09. The number of ether oxygens (including phenoxy) is 1. The van der Waals surface area contributed by atoms with Gasteiger partial charge < -0.3 is 25.2 Å². The van der Waals surface area contributed by atoms with E-state index in [9.17, 15) is 25.2 Å². The van der Waals surface area contributed by atoms with Crippen LogP contribution in [0.1, 0.15) is 60.8 Å². The van der Waals surface area contributed by atoms with Crippen LogP contribution in [0.15, 0.2) is 48.1 Å². The first kappa shape index (κ1) is 22.6. The molecule has 2 unspecified atom stereocenters. The Kier molecular flexibility index (Phi) is 6.25. The molecule has 2 aromatic carbocycles. The monoisotopic (exact) mass is 424 g/mol. The van der Waals surface area contributed by atoms with Crippen LogP contribution >= 0.6 is 0 Å². The van der Waals surface area contributed by atoms with Crippen molar-refractivity contribution in [1.29, 1.82) is 0 Å². The van der Waals surface area contributed by atoms with Gasteiger partial charge in [0.1, 0.15) is 23.4 Å². The third kappa shape index (κ3) is 4.81. The average molecular weight is 424 g/mol. The molecule has 1 heterocycles. The number of aromatic hydroxyl groups is 2. The standard InChI is InChI=1S/C25H28O6/c1-14(2)5-8-16-20(27)11-9-17(22(16)28)19(26)10-6-15-7-12-21-18(13-15)23(29)24(31-21)25(3,4)30/h5-7,9-13,23-24,27-30H,8H2,1-4H3/b10-6+. The molecule has 6 nitrogen and oxygen atoms in total. The summed E-state index contributed by atoms with van der Waals surface area (Å²) in [6.07, 6.45) is 3.31. The first-order chi connectivity index (χ1) is 14.5. The smallest absolute Gasteiger partial charge is 0.189 e. The maximum absolute atomic E-state index is 12.7. The number of benzene rings is 2. The molecule has 2 aromatic rings. The van der Waals surface area contributed by atoms with Crippen LogP contribution in [0.4, 0.5) is 0 Å². The van der Waals surface area contributed by atoms with Crippen LogP contribution < -0.4 is 4.74 Å². The van der Waals surface area contributed by atoms with E-state index in [2.05, 4.69) is 0 Å². The number of phenols is 2. The van der Waals surface area contributed by atoms with E-state index in [4.69, 9.17) is 4.74 Å². The van der Waals surface area contributed by atoms with Crippen molar-refractivity contribution < 1.29 is 30.0 Å². The zero-order valence-corrected chi connectivity index (χ0v) is 18.1. The molecule has 0 saturated heterocycles. The number of allylic oxidation sites excluding steroid dienone is 3. The summed E-state index contributed by atoms with van der Waals surface area (Å²) >= 11 is 0. The van der Waals surface area contributed by atoms with E-state index in [1.54, 1.807) is 38.1 Å². The first-order valence-electron chi connectivity index (χ1n) is 10.1. The van der Waals surface area contributed by atoms with Gasteiger partial charge in [-0.15, -0.1) is 0 Å². The predicted octanol–water partition coefficient (Wildman–Crippen LogP) is 4.07. The van der Waals surface area contributed by atoms with Gasteiger partial charge in [0.25, 0.3) is 0 Å². The van der Waals surface area contributed by atoms with Crippen LogP contribution in [0, 0.1) is 0 Å². The highest BCUT2D eigenvalue weighted by Gasteiger charge is 2.42. The molecule has 3 rings (SSSR count). The summed E-state index contributed by atoms with van der Waals surface area (Å²) in [4.78, 5) is 12.7. The molecule has 2 atom stereocenters. The Bertz CT molecular complexity index is 1050. The van der Waals surface area contributed by atoms with Gasteiger partial charge in [-0.05, 0) is 70.0 Å². The minimum atomic E-state index is -1.22. The average Bonchev–Trinajstić information content (AvgIpc) is 3.02. The number of aliphatic hydroxyl groups is 2. The lowest BCUT2D eigenvalue weighted by atomic mass is 9.94. The third-order valence-electron chi connectivity index (χ3n) is 5.25. The van der Waals surface area contributed by atoms with Gasteiger partial charge in [-0.3, -0.25) is 4.79 Å². The fraction of sp³-hybridized carbons (Fsp3) is 0.320. The number of hydrogen-bond donors (Lipinski definition) is 4. The van der Waals surface area contributed by atoms with Crippen molar-refractivity contribution in [1.82, 2.24) is 0 Å². The van der Waals surface area contributed by atoms with Crippen molar-refractivity contribution >= 4 is 11.9 Å². The number of phenolic OH excluding ortho intramolecular Hbond substituents is 2. The third-order valence-corrected chi connectivity index (χ3v) is 5.25. The number of fused-ring (bicyclic) bond motifs is 1. The summed E-state index contributed by atoms with van der Waals surface area (Å²) in [6.45, 7) is 6.97. The van der Waals surface area contributed by atoms with Crippen molar-refractivity contribution in [2.45, 2.75) is 51.9 Å². The fourth-order valence-corrected chi connectivity index (χ4v) is 3.50. The van der Waals surface area contributed by atoms with Crippen LogP contribution in [0.25, 0.3) is 6.08 Å². The Balaban J connectivity index is 1.83. The quantitative estimate of drug-likeness (QED) is 0.316. The Morgan fingerprint density at radius 2 is 1.87 bits per heavy atom. The van der Waals surface area contributed by atoms with Crippen molar-refractivity contribution in [3.8, 4) is 17.2 Å². The highest BCUT2D eigenvalue weighted by molar-refractivity contribution is 6.09. The van der Waals surface area contributed by atoms with E-state index in [0.717, 1.165) is 5.57 Å². The van der Waals surface area contributed by atoms with Crippen molar-refractivity contribution in [2.24, 2.45) is 0 Å². The molecule has 0 fully saturated rings. The maximum atomic E-state index is 12.7. The van der Waals surface area contributed by atoms with Crippen molar-refractivity contribution in [3.05, 3.63) is 70.3 Å². The molecular weight excluding hydrogens is 396 g/mol. The molecule has 0 aliphatic carbocycles. The van der Waals surface area contributed by atoms with Gasteiger partial charge in [-0.1, -0.05) is 23.8 Å². The molecule has 164 valence electrons. The minimum Gasteiger partial charge on any atom is -0.508 e. The SMILES string of the molecule is CC(C)=CCc1c(O)ccc(C(=O)/C=C/c2ccc3c(c2)C(O)C(C(C)(C)O)O3)c1O. The molecule has 0 bridgehead atoms. The summed E-state index contributed by atoms with van der Waals surface area (Å²) in [5, 5.41) is 41.2. The summed E-state index contributed by atoms with van der Waals surface area (Å²) in [5.74, 6) is -0.228. The topological polar surface area (TPSA) is 107 Å². The van der Waals surface area contributed by atoms with Gasteiger partial charge in [-0.2, -0.15) is 0 Å². The number of rotatable bonds is 6. The molecule has 1 aliphatic heterocycles. The van der Waals surface area contributed by atoms with Gasteiger partial charge in [0.05, 0.1) is 11.2 Å².